The van der Waals surface area contributed by atoms with E-state index in [1.54, 1.807) is 0 Å². The molecule has 0 rings (SSSR count). The molecule has 0 spiro atoms. The minimum atomic E-state index is 0.0421. The van der Waals surface area contributed by atoms with Gasteiger partial charge in [-0.15, -0.1) is 0 Å². The van der Waals surface area contributed by atoms with Crippen LogP contribution in [0.15, 0.2) is 0 Å². The summed E-state index contributed by atoms with van der Waals surface area (Å²) in [5, 5.41) is 8.54. The van der Waals surface area contributed by atoms with Crippen molar-refractivity contribution in [2.45, 2.75) is 58.5 Å². The van der Waals surface area contributed by atoms with Gasteiger partial charge in [0.05, 0.1) is 85.4 Å². The lowest BCUT2D eigenvalue weighted by Gasteiger charge is -2.16. The molecule has 0 aliphatic rings. The molecule has 7 nitrogen and oxygen atoms in total. The number of hydrogen-bond acceptors (Lipinski definition) is 7. The van der Waals surface area contributed by atoms with Crippen LogP contribution in [-0.4, -0.2) is 90.5 Å². The second-order valence-corrected chi connectivity index (χ2v) is 6.54. The largest absolute Gasteiger partial charge is 0.394 e. The van der Waals surface area contributed by atoms with Gasteiger partial charge in [-0.05, 0) is 12.8 Å². The first-order valence-electron chi connectivity index (χ1n) is 11.0. The summed E-state index contributed by atoms with van der Waals surface area (Å²) in [5.41, 5.74) is 0. The van der Waals surface area contributed by atoms with Crippen molar-refractivity contribution in [1.29, 1.82) is 0 Å². The first-order valence-corrected chi connectivity index (χ1v) is 11.0. The lowest BCUT2D eigenvalue weighted by molar-refractivity contribution is -0.0277. The molecule has 0 aliphatic carbocycles. The fourth-order valence-electron chi connectivity index (χ4n) is 2.52. The van der Waals surface area contributed by atoms with Gasteiger partial charge in [-0.3, -0.25) is 0 Å². The van der Waals surface area contributed by atoms with E-state index in [2.05, 4.69) is 13.8 Å². The van der Waals surface area contributed by atoms with E-state index in [4.69, 9.17) is 33.5 Å². The van der Waals surface area contributed by atoms with Crippen LogP contribution in [0.25, 0.3) is 0 Å². The molecule has 0 aromatic carbocycles. The van der Waals surface area contributed by atoms with Crippen molar-refractivity contribution in [3.63, 3.8) is 0 Å². The zero-order valence-corrected chi connectivity index (χ0v) is 18.2. The van der Waals surface area contributed by atoms with E-state index in [-0.39, 0.29) is 6.61 Å². The van der Waals surface area contributed by atoms with Crippen molar-refractivity contribution in [2.24, 2.45) is 0 Å². The molecule has 0 saturated carbocycles. The molecular formula is C21H44O7. The Bertz CT molecular complexity index is 279. The molecule has 0 aromatic rings. The van der Waals surface area contributed by atoms with Crippen LogP contribution in [0.2, 0.25) is 0 Å². The van der Waals surface area contributed by atoms with Crippen LogP contribution in [0.5, 0.6) is 0 Å². The highest BCUT2D eigenvalue weighted by atomic mass is 16.6. The Labute approximate surface area is 172 Å². The molecule has 1 N–H and O–H groups in total. The zero-order chi connectivity index (χ0) is 20.5. The van der Waals surface area contributed by atoms with E-state index in [1.807, 2.05) is 0 Å². The molecule has 170 valence electrons. The van der Waals surface area contributed by atoms with Gasteiger partial charge < -0.3 is 33.5 Å². The Hall–Kier alpha value is -0.280. The summed E-state index contributed by atoms with van der Waals surface area (Å²) in [6.07, 6.45) is 7.75. The summed E-state index contributed by atoms with van der Waals surface area (Å²) >= 11 is 0. The van der Waals surface area contributed by atoms with E-state index < -0.39 is 0 Å². The normalized spacial score (nSPS) is 12.5. The Morgan fingerprint density at radius 1 is 0.571 bits per heavy atom. The number of aliphatic hydroxyl groups excluding tert-OH is 1. The van der Waals surface area contributed by atoms with Crippen molar-refractivity contribution in [2.75, 3.05) is 79.3 Å². The lowest BCUT2D eigenvalue weighted by atomic mass is 10.1. The molecule has 0 bridgehead atoms. The number of unbranched alkanes of at least 4 members (excludes halogenated alkanes) is 3. The molecular weight excluding hydrogens is 364 g/mol. The van der Waals surface area contributed by atoms with Crippen LogP contribution in [0.3, 0.4) is 0 Å². The maximum absolute atomic E-state index is 8.54. The summed E-state index contributed by atoms with van der Waals surface area (Å²) < 4.78 is 32.7. The third-order valence-corrected chi connectivity index (χ3v) is 4.14. The predicted molar refractivity (Wildman–Crippen MR) is 110 cm³/mol. The first kappa shape index (κ1) is 27.7. The highest BCUT2D eigenvalue weighted by Gasteiger charge is 2.05. The molecule has 7 heteroatoms. The topological polar surface area (TPSA) is 75.6 Å². The minimum absolute atomic E-state index is 0.0421. The Morgan fingerprint density at radius 3 is 1.46 bits per heavy atom. The second kappa shape index (κ2) is 24.8. The van der Waals surface area contributed by atoms with Crippen LogP contribution in [0.1, 0.15) is 52.4 Å². The van der Waals surface area contributed by atoms with Crippen molar-refractivity contribution in [1.82, 2.24) is 0 Å². The summed E-state index contributed by atoms with van der Waals surface area (Å²) in [7, 11) is 0. The van der Waals surface area contributed by atoms with Gasteiger partial charge in [0.2, 0.25) is 0 Å². The zero-order valence-electron chi connectivity index (χ0n) is 18.2. The van der Waals surface area contributed by atoms with Crippen molar-refractivity contribution < 1.29 is 33.5 Å². The van der Waals surface area contributed by atoms with Crippen LogP contribution < -0.4 is 0 Å². The molecule has 0 fully saturated rings. The summed E-state index contributed by atoms with van der Waals surface area (Å²) in [4.78, 5) is 0. The van der Waals surface area contributed by atoms with Gasteiger partial charge in [0.1, 0.15) is 0 Å². The lowest BCUT2D eigenvalue weighted by Crippen LogP contribution is -2.17. The van der Waals surface area contributed by atoms with Gasteiger partial charge in [0.25, 0.3) is 0 Å². The maximum Gasteiger partial charge on any atom is 0.0704 e. The van der Waals surface area contributed by atoms with Gasteiger partial charge in [-0.2, -0.15) is 0 Å². The van der Waals surface area contributed by atoms with E-state index in [1.165, 1.54) is 25.7 Å². The van der Waals surface area contributed by atoms with Gasteiger partial charge in [0.15, 0.2) is 0 Å². The number of ether oxygens (including phenoxy) is 6. The second-order valence-electron chi connectivity index (χ2n) is 6.54. The number of aliphatic hydroxyl groups is 1. The van der Waals surface area contributed by atoms with Crippen LogP contribution in [0.4, 0.5) is 0 Å². The highest BCUT2D eigenvalue weighted by molar-refractivity contribution is 4.56. The van der Waals surface area contributed by atoms with Gasteiger partial charge in [0, 0.05) is 0 Å². The summed E-state index contributed by atoms with van der Waals surface area (Å²) in [6, 6.07) is 0. The van der Waals surface area contributed by atoms with E-state index in [0.717, 1.165) is 12.8 Å². The highest BCUT2D eigenvalue weighted by Crippen LogP contribution is 2.10. The fourth-order valence-corrected chi connectivity index (χ4v) is 2.52. The van der Waals surface area contributed by atoms with E-state index in [0.29, 0.717) is 78.8 Å². The third kappa shape index (κ3) is 22.0. The SMILES string of the molecule is CCCCCCC(CC)OCCOCCOCCOCCOCCOCCO. The van der Waals surface area contributed by atoms with E-state index >= 15 is 0 Å². The van der Waals surface area contributed by atoms with Crippen molar-refractivity contribution in [3.05, 3.63) is 0 Å². The third-order valence-electron chi connectivity index (χ3n) is 4.14. The number of hydrogen-bond donors (Lipinski definition) is 1. The average molecular weight is 409 g/mol. The monoisotopic (exact) mass is 408 g/mol. The smallest absolute Gasteiger partial charge is 0.0704 e. The standard InChI is InChI=1S/C21H44O7/c1-3-5-6-7-8-21(4-2)28-20-19-27-18-17-26-16-15-25-14-13-24-12-11-23-10-9-22/h21-22H,3-20H2,1-2H3. The summed E-state index contributed by atoms with van der Waals surface area (Å²) in [6.45, 7) is 10.4. The van der Waals surface area contributed by atoms with Crippen LogP contribution in [-0.2, 0) is 28.4 Å². The molecule has 0 heterocycles. The summed E-state index contributed by atoms with van der Waals surface area (Å²) in [5.74, 6) is 0. The Morgan fingerprint density at radius 2 is 1.04 bits per heavy atom. The van der Waals surface area contributed by atoms with Crippen LogP contribution in [0, 0.1) is 0 Å². The van der Waals surface area contributed by atoms with Gasteiger partial charge in [-0.1, -0.05) is 39.5 Å². The molecule has 0 radical (unpaired) electrons. The Balaban J connectivity index is 3.16. The first-order chi connectivity index (χ1) is 13.8. The van der Waals surface area contributed by atoms with Gasteiger partial charge >= 0.3 is 0 Å². The quantitative estimate of drug-likeness (QED) is 0.246. The maximum atomic E-state index is 8.54. The average Bonchev–Trinajstić information content (AvgIpc) is 2.71. The van der Waals surface area contributed by atoms with E-state index in [9.17, 15) is 0 Å². The minimum Gasteiger partial charge on any atom is -0.394 e. The molecule has 1 unspecified atom stereocenters. The molecule has 0 aliphatic heterocycles. The molecule has 0 amide bonds. The Kier molecular flexibility index (Phi) is 24.5. The fraction of sp³-hybridized carbons (Fsp3) is 1.00. The number of rotatable bonds is 24. The van der Waals surface area contributed by atoms with Gasteiger partial charge in [-0.25, -0.2) is 0 Å². The van der Waals surface area contributed by atoms with Crippen LogP contribution >= 0.6 is 0 Å². The molecule has 0 saturated heterocycles. The molecule has 28 heavy (non-hydrogen) atoms. The van der Waals surface area contributed by atoms with Crippen molar-refractivity contribution in [3.8, 4) is 0 Å². The van der Waals surface area contributed by atoms with Crippen molar-refractivity contribution >= 4 is 0 Å². The predicted octanol–water partition coefficient (Wildman–Crippen LogP) is 2.83. The molecule has 0 aromatic heterocycles. The molecule has 1 atom stereocenters.